The molecule has 0 aromatic heterocycles. The molecule has 0 heterocycles. The minimum absolute atomic E-state index is 0.0156. The van der Waals surface area contributed by atoms with Crippen LogP contribution < -0.4 is 14.8 Å². The summed E-state index contributed by atoms with van der Waals surface area (Å²) in [7, 11) is 0. The molecule has 0 aliphatic carbocycles. The number of benzene rings is 2. The van der Waals surface area contributed by atoms with Crippen molar-refractivity contribution in [2.75, 3.05) is 13.2 Å². The number of amides is 1. The van der Waals surface area contributed by atoms with E-state index in [2.05, 4.69) is 5.32 Å². The number of nitrogens with one attached hydrogen (secondary N) is 1. The van der Waals surface area contributed by atoms with Gasteiger partial charge in [-0.2, -0.15) is 0 Å². The molecule has 1 N–H and O–H groups in total. The number of ether oxygens (including phenoxy) is 2. The highest BCUT2D eigenvalue weighted by Crippen LogP contribution is 2.31. The van der Waals surface area contributed by atoms with Gasteiger partial charge in [0.2, 0.25) is 5.91 Å². The van der Waals surface area contributed by atoms with E-state index in [0.717, 1.165) is 22.6 Å². The molecule has 2 atom stereocenters. The molecule has 152 valence electrons. The van der Waals surface area contributed by atoms with Gasteiger partial charge in [-0.25, -0.2) is 0 Å². The lowest BCUT2D eigenvalue weighted by molar-refractivity contribution is -0.121. The van der Waals surface area contributed by atoms with Crippen molar-refractivity contribution in [1.82, 2.24) is 5.32 Å². The Morgan fingerprint density at radius 2 is 1.68 bits per heavy atom. The van der Waals surface area contributed by atoms with E-state index in [-0.39, 0.29) is 17.2 Å². The Balaban J connectivity index is 2.06. The molecular formula is C22H28ClNO3S. The van der Waals surface area contributed by atoms with Crippen molar-refractivity contribution >= 4 is 29.3 Å². The van der Waals surface area contributed by atoms with Crippen LogP contribution in [0.1, 0.15) is 45.7 Å². The Morgan fingerprint density at radius 1 is 1.04 bits per heavy atom. The molecule has 4 nitrogen and oxygen atoms in total. The second-order valence-electron chi connectivity index (χ2n) is 6.27. The minimum Gasteiger partial charge on any atom is -0.490 e. The Hall–Kier alpha value is -1.85. The molecule has 0 saturated carbocycles. The van der Waals surface area contributed by atoms with Crippen molar-refractivity contribution in [3.05, 3.63) is 53.1 Å². The van der Waals surface area contributed by atoms with E-state index in [1.165, 1.54) is 0 Å². The summed E-state index contributed by atoms with van der Waals surface area (Å²) >= 11 is 7.49. The quantitative estimate of drug-likeness (QED) is 0.486. The normalized spacial score (nSPS) is 12.9. The van der Waals surface area contributed by atoms with Crippen molar-refractivity contribution in [2.45, 2.75) is 50.3 Å². The van der Waals surface area contributed by atoms with Crippen molar-refractivity contribution in [3.8, 4) is 11.5 Å². The predicted octanol–water partition coefficient (Wildman–Crippen LogP) is 5.89. The van der Waals surface area contributed by atoms with Gasteiger partial charge in [0.15, 0.2) is 11.5 Å². The van der Waals surface area contributed by atoms with Gasteiger partial charge in [-0.05, 0) is 69.2 Å². The molecular weight excluding hydrogens is 394 g/mol. The van der Waals surface area contributed by atoms with Crippen LogP contribution in [-0.2, 0) is 4.79 Å². The minimum atomic E-state index is -0.169. The van der Waals surface area contributed by atoms with E-state index < -0.39 is 0 Å². The molecule has 0 unspecified atom stereocenters. The maximum Gasteiger partial charge on any atom is 0.233 e. The van der Waals surface area contributed by atoms with Crippen LogP contribution in [0.4, 0.5) is 0 Å². The smallest absolute Gasteiger partial charge is 0.233 e. The topological polar surface area (TPSA) is 47.6 Å². The summed E-state index contributed by atoms with van der Waals surface area (Å²) < 4.78 is 11.3. The molecule has 0 radical (unpaired) electrons. The first-order valence-electron chi connectivity index (χ1n) is 9.60. The van der Waals surface area contributed by atoms with Crippen LogP contribution in [-0.4, -0.2) is 24.4 Å². The van der Waals surface area contributed by atoms with Crippen LogP contribution in [0.3, 0.4) is 0 Å². The molecule has 2 aromatic carbocycles. The van der Waals surface area contributed by atoms with Crippen LogP contribution >= 0.6 is 23.4 Å². The molecule has 28 heavy (non-hydrogen) atoms. The van der Waals surface area contributed by atoms with E-state index in [0.29, 0.717) is 24.0 Å². The number of carbonyl (C=O) groups is 1. The lowest BCUT2D eigenvalue weighted by atomic mass is 10.1. The van der Waals surface area contributed by atoms with E-state index in [1.54, 1.807) is 11.8 Å². The fourth-order valence-corrected chi connectivity index (χ4v) is 3.82. The number of hydrogen-bond acceptors (Lipinski definition) is 4. The molecule has 0 aliphatic rings. The Bertz CT molecular complexity index is 767. The predicted molar refractivity (Wildman–Crippen MR) is 117 cm³/mol. The standard InChI is InChI=1S/C22H28ClNO3S/c1-5-21(28-18-11-9-17(23)10-12-18)22(25)24-15(4)16-8-13-19(26-6-2)20(14-16)27-7-3/h8-15,21H,5-7H2,1-4H3,(H,24,25)/t15-,21-/m1/s1. The Labute approximate surface area is 177 Å². The summed E-state index contributed by atoms with van der Waals surface area (Å²) in [5, 5.41) is 3.64. The molecule has 0 aliphatic heterocycles. The number of hydrogen-bond donors (Lipinski definition) is 1. The summed E-state index contributed by atoms with van der Waals surface area (Å²) in [5.41, 5.74) is 0.978. The molecule has 1 amide bonds. The fourth-order valence-electron chi connectivity index (χ4n) is 2.73. The number of carbonyl (C=O) groups excluding carboxylic acids is 1. The molecule has 6 heteroatoms. The second kappa shape index (κ2) is 11.2. The summed E-state index contributed by atoms with van der Waals surface area (Å²) in [6, 6.07) is 13.2. The maximum absolute atomic E-state index is 12.8. The van der Waals surface area contributed by atoms with Crippen molar-refractivity contribution in [1.29, 1.82) is 0 Å². The van der Waals surface area contributed by atoms with Crippen LogP contribution in [0.25, 0.3) is 0 Å². The molecule has 0 fully saturated rings. The highest BCUT2D eigenvalue weighted by molar-refractivity contribution is 8.00. The third kappa shape index (κ3) is 6.35. The first-order valence-corrected chi connectivity index (χ1v) is 10.9. The lowest BCUT2D eigenvalue weighted by Crippen LogP contribution is -2.34. The monoisotopic (exact) mass is 421 g/mol. The van der Waals surface area contributed by atoms with Crippen molar-refractivity contribution < 1.29 is 14.3 Å². The van der Waals surface area contributed by atoms with Gasteiger partial charge < -0.3 is 14.8 Å². The average Bonchev–Trinajstić information content (AvgIpc) is 2.69. The summed E-state index contributed by atoms with van der Waals surface area (Å²) in [6.07, 6.45) is 0.735. The van der Waals surface area contributed by atoms with Crippen molar-refractivity contribution in [2.24, 2.45) is 0 Å². The number of halogens is 1. The van der Waals surface area contributed by atoms with Gasteiger partial charge in [-0.15, -0.1) is 11.8 Å². The first kappa shape index (κ1) is 22.4. The zero-order valence-electron chi connectivity index (χ0n) is 16.8. The highest BCUT2D eigenvalue weighted by Gasteiger charge is 2.21. The van der Waals surface area contributed by atoms with Gasteiger partial charge in [0.25, 0.3) is 0 Å². The third-order valence-electron chi connectivity index (χ3n) is 4.18. The van der Waals surface area contributed by atoms with Crippen LogP contribution in [0.15, 0.2) is 47.4 Å². The summed E-state index contributed by atoms with van der Waals surface area (Å²) in [6.45, 7) is 9.00. The third-order valence-corrected chi connectivity index (χ3v) is 5.81. The van der Waals surface area contributed by atoms with Crippen LogP contribution in [0, 0.1) is 0 Å². The van der Waals surface area contributed by atoms with Gasteiger partial charge in [-0.1, -0.05) is 24.6 Å². The molecule has 2 rings (SSSR count). The second-order valence-corrected chi connectivity index (χ2v) is 7.98. The Kier molecular flexibility index (Phi) is 9.00. The van der Waals surface area contributed by atoms with Gasteiger partial charge in [0, 0.05) is 9.92 Å². The van der Waals surface area contributed by atoms with Gasteiger partial charge in [-0.3, -0.25) is 4.79 Å². The van der Waals surface area contributed by atoms with E-state index >= 15 is 0 Å². The first-order chi connectivity index (χ1) is 13.5. The summed E-state index contributed by atoms with van der Waals surface area (Å²) in [5.74, 6) is 1.43. The average molecular weight is 422 g/mol. The van der Waals surface area contributed by atoms with Crippen LogP contribution in [0.2, 0.25) is 5.02 Å². The van der Waals surface area contributed by atoms with Crippen LogP contribution in [0.5, 0.6) is 11.5 Å². The number of thioether (sulfide) groups is 1. The molecule has 2 aromatic rings. The van der Waals surface area contributed by atoms with Gasteiger partial charge in [0.1, 0.15) is 0 Å². The zero-order chi connectivity index (χ0) is 20.5. The lowest BCUT2D eigenvalue weighted by Gasteiger charge is -2.20. The highest BCUT2D eigenvalue weighted by atomic mass is 35.5. The molecule has 0 bridgehead atoms. The van der Waals surface area contributed by atoms with E-state index in [1.807, 2.05) is 70.2 Å². The molecule has 0 saturated heterocycles. The van der Waals surface area contributed by atoms with Crippen molar-refractivity contribution in [3.63, 3.8) is 0 Å². The van der Waals surface area contributed by atoms with E-state index in [4.69, 9.17) is 21.1 Å². The number of rotatable bonds is 10. The fraction of sp³-hybridized carbons (Fsp3) is 0.409. The van der Waals surface area contributed by atoms with Gasteiger partial charge in [0.05, 0.1) is 24.5 Å². The summed E-state index contributed by atoms with van der Waals surface area (Å²) in [4.78, 5) is 13.8. The maximum atomic E-state index is 12.8. The largest absolute Gasteiger partial charge is 0.490 e. The molecule has 0 spiro atoms. The SMILES string of the molecule is CCOc1ccc([C@@H](C)NC(=O)[C@@H](CC)Sc2ccc(Cl)cc2)cc1OCC. The van der Waals surface area contributed by atoms with E-state index in [9.17, 15) is 4.79 Å². The Morgan fingerprint density at radius 3 is 2.29 bits per heavy atom. The van der Waals surface area contributed by atoms with Gasteiger partial charge >= 0.3 is 0 Å². The zero-order valence-corrected chi connectivity index (χ0v) is 18.4.